The number of alkyl halides is 3. The number of halogens is 3. The summed E-state index contributed by atoms with van der Waals surface area (Å²) in [6.07, 6.45) is -2.62. The normalized spacial score (nSPS) is 15.9. The highest BCUT2D eigenvalue weighted by atomic mass is 19.4. The first-order valence-electron chi connectivity index (χ1n) is 10.1. The van der Waals surface area contributed by atoms with Crippen molar-refractivity contribution in [2.45, 2.75) is 33.0 Å². The summed E-state index contributed by atoms with van der Waals surface area (Å²) < 4.78 is 45.4. The van der Waals surface area contributed by atoms with Crippen LogP contribution in [0.5, 0.6) is 0 Å². The van der Waals surface area contributed by atoms with Crippen molar-refractivity contribution < 1.29 is 17.9 Å². The fourth-order valence-electron chi connectivity index (χ4n) is 3.95. The lowest BCUT2D eigenvalue weighted by atomic mass is 9.97. The van der Waals surface area contributed by atoms with Gasteiger partial charge in [-0.3, -0.25) is 0 Å². The van der Waals surface area contributed by atoms with E-state index in [-0.39, 0.29) is 5.56 Å². The number of morpholine rings is 1. The topological polar surface area (TPSA) is 63.2 Å². The minimum atomic E-state index is -4.39. The second-order valence-corrected chi connectivity index (χ2v) is 7.71. The first-order valence-corrected chi connectivity index (χ1v) is 10.1. The Balaban J connectivity index is 1.70. The van der Waals surface area contributed by atoms with Crippen molar-refractivity contribution in [3.8, 4) is 0 Å². The SMILES string of the molecule is Cc1c(C(C)Nc2nnc(C)c3cnc(N4CCOCC4)cc23)cccc1C(F)(F)F. The molecule has 6 nitrogen and oxygen atoms in total. The molecule has 3 aromatic rings. The van der Waals surface area contributed by atoms with Gasteiger partial charge in [-0.15, -0.1) is 5.10 Å². The predicted octanol–water partition coefficient (Wildman–Crippen LogP) is 4.67. The molecule has 1 N–H and O–H groups in total. The third kappa shape index (κ3) is 4.27. The summed E-state index contributed by atoms with van der Waals surface area (Å²) in [5, 5.41) is 13.5. The number of ether oxygens (including phenoxy) is 1. The van der Waals surface area contributed by atoms with Crippen molar-refractivity contribution >= 4 is 22.4 Å². The molecule has 1 atom stereocenters. The van der Waals surface area contributed by atoms with Gasteiger partial charge in [0.1, 0.15) is 5.82 Å². The average Bonchev–Trinajstić information content (AvgIpc) is 2.75. The van der Waals surface area contributed by atoms with E-state index in [4.69, 9.17) is 4.74 Å². The molecule has 0 bridgehead atoms. The number of hydrogen-bond donors (Lipinski definition) is 1. The zero-order valence-corrected chi connectivity index (χ0v) is 17.6. The van der Waals surface area contributed by atoms with Crippen LogP contribution in [-0.4, -0.2) is 41.5 Å². The van der Waals surface area contributed by atoms with E-state index in [1.807, 2.05) is 19.9 Å². The Labute approximate surface area is 178 Å². The van der Waals surface area contributed by atoms with Crippen LogP contribution in [0, 0.1) is 13.8 Å². The van der Waals surface area contributed by atoms with Crippen LogP contribution in [0.15, 0.2) is 30.5 Å². The second kappa shape index (κ2) is 8.30. The van der Waals surface area contributed by atoms with E-state index in [0.29, 0.717) is 24.6 Å². The smallest absolute Gasteiger partial charge is 0.378 e. The summed E-state index contributed by atoms with van der Waals surface area (Å²) >= 11 is 0. The predicted molar refractivity (Wildman–Crippen MR) is 113 cm³/mol. The second-order valence-electron chi connectivity index (χ2n) is 7.71. The molecule has 0 radical (unpaired) electrons. The molecular weight excluding hydrogens is 407 g/mol. The van der Waals surface area contributed by atoms with Crippen molar-refractivity contribution in [3.05, 3.63) is 52.8 Å². The number of nitrogens with one attached hydrogen (secondary N) is 1. The van der Waals surface area contributed by atoms with Crippen molar-refractivity contribution in [3.63, 3.8) is 0 Å². The Bertz CT molecular complexity index is 1100. The minimum absolute atomic E-state index is 0.204. The molecule has 0 saturated carbocycles. The zero-order chi connectivity index (χ0) is 22.2. The molecule has 1 aliphatic rings. The van der Waals surface area contributed by atoms with E-state index >= 15 is 0 Å². The highest BCUT2D eigenvalue weighted by Crippen LogP contribution is 2.36. The Morgan fingerprint density at radius 3 is 2.55 bits per heavy atom. The highest BCUT2D eigenvalue weighted by Gasteiger charge is 2.33. The summed E-state index contributed by atoms with van der Waals surface area (Å²) in [4.78, 5) is 6.71. The maximum absolute atomic E-state index is 13.3. The molecule has 9 heteroatoms. The number of fused-ring (bicyclic) bond motifs is 1. The maximum atomic E-state index is 13.3. The van der Waals surface area contributed by atoms with Gasteiger partial charge in [-0.2, -0.15) is 18.3 Å². The zero-order valence-electron chi connectivity index (χ0n) is 17.6. The average molecular weight is 431 g/mol. The van der Waals surface area contributed by atoms with Crippen molar-refractivity contribution in [1.29, 1.82) is 0 Å². The first-order chi connectivity index (χ1) is 14.8. The number of aromatic nitrogens is 3. The molecule has 1 saturated heterocycles. The number of benzene rings is 1. The van der Waals surface area contributed by atoms with Gasteiger partial charge in [0.15, 0.2) is 5.82 Å². The number of anilines is 2. The number of nitrogens with zero attached hydrogens (tertiary/aromatic N) is 4. The standard InChI is InChI=1S/C22H24F3N5O/c1-13-16(5-4-6-19(13)22(23,24)25)14(2)27-21-17-11-20(30-7-9-31-10-8-30)26-12-18(17)15(3)28-29-21/h4-6,11-12,14H,7-10H2,1-3H3,(H,27,29). The van der Waals surface area contributed by atoms with Gasteiger partial charge in [-0.1, -0.05) is 12.1 Å². The van der Waals surface area contributed by atoms with E-state index in [2.05, 4.69) is 25.4 Å². The highest BCUT2D eigenvalue weighted by molar-refractivity contribution is 5.94. The molecule has 0 spiro atoms. The van der Waals surface area contributed by atoms with E-state index in [1.165, 1.54) is 13.0 Å². The Morgan fingerprint density at radius 1 is 1.10 bits per heavy atom. The van der Waals surface area contributed by atoms with E-state index < -0.39 is 17.8 Å². The number of rotatable bonds is 4. The van der Waals surface area contributed by atoms with Gasteiger partial charge in [-0.25, -0.2) is 4.98 Å². The summed E-state index contributed by atoms with van der Waals surface area (Å²) in [6, 6.07) is 5.79. The van der Waals surface area contributed by atoms with Crippen molar-refractivity contribution in [1.82, 2.24) is 15.2 Å². The number of hydrogen-bond acceptors (Lipinski definition) is 6. The lowest BCUT2D eigenvalue weighted by Gasteiger charge is -2.28. The fraction of sp³-hybridized carbons (Fsp3) is 0.409. The largest absolute Gasteiger partial charge is 0.416 e. The van der Waals surface area contributed by atoms with Crippen LogP contribution >= 0.6 is 0 Å². The fourth-order valence-corrected chi connectivity index (χ4v) is 3.95. The Hall–Kier alpha value is -2.94. The number of pyridine rings is 1. The molecule has 0 amide bonds. The van der Waals surface area contributed by atoms with E-state index in [9.17, 15) is 13.2 Å². The Kier molecular flexibility index (Phi) is 5.70. The molecule has 4 rings (SSSR count). The molecule has 1 aromatic carbocycles. The summed E-state index contributed by atoms with van der Waals surface area (Å²) in [6.45, 7) is 7.96. The van der Waals surface area contributed by atoms with Crippen LogP contribution < -0.4 is 10.2 Å². The van der Waals surface area contributed by atoms with Crippen molar-refractivity contribution in [2.75, 3.05) is 36.5 Å². The van der Waals surface area contributed by atoms with Crippen LogP contribution in [0.1, 0.15) is 35.3 Å². The van der Waals surface area contributed by atoms with Crippen LogP contribution in [-0.2, 0) is 10.9 Å². The monoisotopic (exact) mass is 431 g/mol. The number of aryl methyl sites for hydroxylation is 1. The minimum Gasteiger partial charge on any atom is -0.378 e. The van der Waals surface area contributed by atoms with Crippen LogP contribution in [0.3, 0.4) is 0 Å². The molecule has 164 valence electrons. The van der Waals surface area contributed by atoms with E-state index in [0.717, 1.165) is 41.4 Å². The van der Waals surface area contributed by atoms with Gasteiger partial charge in [0.05, 0.1) is 30.5 Å². The van der Waals surface area contributed by atoms with Crippen LogP contribution in [0.25, 0.3) is 10.8 Å². The van der Waals surface area contributed by atoms with Gasteiger partial charge in [0.25, 0.3) is 0 Å². The van der Waals surface area contributed by atoms with Gasteiger partial charge in [0.2, 0.25) is 0 Å². The molecule has 3 heterocycles. The van der Waals surface area contributed by atoms with Gasteiger partial charge < -0.3 is 15.0 Å². The molecular formula is C22H24F3N5O. The van der Waals surface area contributed by atoms with Gasteiger partial charge in [0, 0.05) is 30.1 Å². The molecule has 0 aliphatic carbocycles. The molecule has 1 fully saturated rings. The third-order valence-corrected chi connectivity index (χ3v) is 5.67. The quantitative estimate of drug-likeness (QED) is 0.648. The third-order valence-electron chi connectivity index (χ3n) is 5.67. The van der Waals surface area contributed by atoms with Gasteiger partial charge in [-0.05, 0) is 44.0 Å². The van der Waals surface area contributed by atoms with Crippen molar-refractivity contribution in [2.24, 2.45) is 0 Å². The molecule has 1 unspecified atom stereocenters. The summed E-state index contributed by atoms with van der Waals surface area (Å²) in [5.74, 6) is 1.33. The maximum Gasteiger partial charge on any atom is 0.416 e. The van der Waals surface area contributed by atoms with Crippen LogP contribution in [0.4, 0.5) is 24.8 Å². The lowest BCUT2D eigenvalue weighted by Crippen LogP contribution is -2.36. The Morgan fingerprint density at radius 2 is 1.84 bits per heavy atom. The molecule has 31 heavy (non-hydrogen) atoms. The van der Waals surface area contributed by atoms with Crippen LogP contribution in [0.2, 0.25) is 0 Å². The lowest BCUT2D eigenvalue weighted by molar-refractivity contribution is -0.138. The molecule has 2 aromatic heterocycles. The summed E-state index contributed by atoms with van der Waals surface area (Å²) in [5.41, 5.74) is 0.879. The molecule has 1 aliphatic heterocycles. The summed E-state index contributed by atoms with van der Waals surface area (Å²) in [7, 11) is 0. The van der Waals surface area contributed by atoms with E-state index in [1.54, 1.807) is 12.3 Å². The van der Waals surface area contributed by atoms with Gasteiger partial charge >= 0.3 is 6.18 Å². The first kappa shape index (κ1) is 21.3.